The molecule has 2 N–H and O–H groups in total. The molecule has 1 aromatic rings. The van der Waals surface area contributed by atoms with E-state index in [1.54, 1.807) is 21.3 Å². The van der Waals surface area contributed by atoms with Gasteiger partial charge in [0.2, 0.25) is 5.75 Å². The monoisotopic (exact) mass is 495 g/mol. The molecule has 0 heterocycles. The normalized spacial score (nSPS) is 10.8. The Kier molecular flexibility index (Phi) is 14.8. The zero-order chi connectivity index (χ0) is 19.2. The van der Waals surface area contributed by atoms with Crippen molar-refractivity contribution in [2.75, 3.05) is 47.6 Å². The Morgan fingerprint density at radius 1 is 0.963 bits per heavy atom. The van der Waals surface area contributed by atoms with Gasteiger partial charge in [0.05, 0.1) is 27.9 Å². The van der Waals surface area contributed by atoms with Gasteiger partial charge in [-0.15, -0.1) is 24.0 Å². The second-order valence-electron chi connectivity index (χ2n) is 5.52. The zero-order valence-corrected chi connectivity index (χ0v) is 19.4. The summed E-state index contributed by atoms with van der Waals surface area (Å²) < 4.78 is 21.6. The van der Waals surface area contributed by atoms with E-state index in [-0.39, 0.29) is 24.0 Å². The zero-order valence-electron chi connectivity index (χ0n) is 17.1. The highest BCUT2D eigenvalue weighted by molar-refractivity contribution is 14.0. The van der Waals surface area contributed by atoms with Gasteiger partial charge >= 0.3 is 0 Å². The van der Waals surface area contributed by atoms with E-state index < -0.39 is 0 Å². The van der Waals surface area contributed by atoms with Gasteiger partial charge in [-0.2, -0.15) is 0 Å². The van der Waals surface area contributed by atoms with Crippen LogP contribution in [0.15, 0.2) is 17.1 Å². The predicted molar refractivity (Wildman–Crippen MR) is 120 cm³/mol. The number of guanidine groups is 1. The molecule has 0 unspecified atom stereocenters. The number of aliphatic imine (C=N–C) groups is 1. The van der Waals surface area contributed by atoms with E-state index in [4.69, 9.17) is 18.9 Å². The lowest BCUT2D eigenvalue weighted by molar-refractivity contribution is 0.143. The molecule has 0 saturated heterocycles. The van der Waals surface area contributed by atoms with E-state index in [9.17, 15) is 0 Å². The van der Waals surface area contributed by atoms with Gasteiger partial charge in [0.15, 0.2) is 17.5 Å². The van der Waals surface area contributed by atoms with Gasteiger partial charge in [-0.25, -0.2) is 4.99 Å². The molecule has 156 valence electrons. The van der Waals surface area contributed by atoms with Crippen LogP contribution in [-0.2, 0) is 11.3 Å². The van der Waals surface area contributed by atoms with Crippen molar-refractivity contribution in [3.63, 3.8) is 0 Å². The number of benzene rings is 1. The van der Waals surface area contributed by atoms with Crippen molar-refractivity contribution in [2.24, 2.45) is 4.99 Å². The Bertz CT molecular complexity index is 556. The van der Waals surface area contributed by atoms with E-state index in [2.05, 4.69) is 15.6 Å². The lowest BCUT2D eigenvalue weighted by Gasteiger charge is -2.15. The van der Waals surface area contributed by atoms with Crippen molar-refractivity contribution in [2.45, 2.75) is 33.2 Å². The maximum atomic E-state index is 5.51. The van der Waals surface area contributed by atoms with Gasteiger partial charge in [0.1, 0.15) is 0 Å². The van der Waals surface area contributed by atoms with Crippen LogP contribution in [0.1, 0.15) is 32.3 Å². The minimum Gasteiger partial charge on any atom is -0.493 e. The number of rotatable bonds is 12. The number of methoxy groups -OCH3 is 3. The minimum atomic E-state index is 0. The third-order valence-corrected chi connectivity index (χ3v) is 3.75. The first-order chi connectivity index (χ1) is 12.7. The maximum absolute atomic E-state index is 5.51. The van der Waals surface area contributed by atoms with E-state index in [1.165, 1.54) is 0 Å². The molecule has 0 saturated carbocycles. The van der Waals surface area contributed by atoms with E-state index in [0.717, 1.165) is 50.7 Å². The molecule has 27 heavy (non-hydrogen) atoms. The Labute approximate surface area is 180 Å². The van der Waals surface area contributed by atoms with Crippen LogP contribution in [0.3, 0.4) is 0 Å². The first-order valence-corrected chi connectivity index (χ1v) is 9.09. The van der Waals surface area contributed by atoms with Crippen LogP contribution < -0.4 is 24.8 Å². The maximum Gasteiger partial charge on any atom is 0.203 e. The number of nitrogens with zero attached hydrogens (tertiary/aromatic N) is 1. The second-order valence-corrected chi connectivity index (χ2v) is 5.52. The summed E-state index contributed by atoms with van der Waals surface area (Å²) in [4.78, 5) is 4.64. The minimum absolute atomic E-state index is 0. The first kappa shape index (κ1) is 25.6. The SMILES string of the molecule is CCNC(=NCc1ccc(OC)c(OC)c1OC)NCCCCOCC.I. The molecule has 0 aliphatic carbocycles. The molecule has 7 nitrogen and oxygen atoms in total. The molecule has 1 rings (SSSR count). The number of halogens is 1. The summed E-state index contributed by atoms with van der Waals surface area (Å²) in [6, 6.07) is 3.80. The summed E-state index contributed by atoms with van der Waals surface area (Å²) in [5.41, 5.74) is 0.929. The van der Waals surface area contributed by atoms with Crippen molar-refractivity contribution >= 4 is 29.9 Å². The van der Waals surface area contributed by atoms with Crippen molar-refractivity contribution in [3.05, 3.63) is 17.7 Å². The van der Waals surface area contributed by atoms with Crippen LogP contribution in [0.2, 0.25) is 0 Å². The van der Waals surface area contributed by atoms with Crippen LogP contribution in [0.25, 0.3) is 0 Å². The highest BCUT2D eigenvalue weighted by Crippen LogP contribution is 2.39. The van der Waals surface area contributed by atoms with Gasteiger partial charge in [0.25, 0.3) is 0 Å². The second kappa shape index (κ2) is 15.6. The third-order valence-electron chi connectivity index (χ3n) is 3.75. The molecular formula is C19H34IN3O4. The predicted octanol–water partition coefficient (Wildman–Crippen LogP) is 3.20. The summed E-state index contributed by atoms with van der Waals surface area (Å²) in [6.07, 6.45) is 2.06. The molecule has 8 heteroatoms. The standard InChI is InChI=1S/C19H33N3O4.HI/c1-6-20-19(21-12-8-9-13-26-7-2)22-14-15-10-11-16(23-3)18(25-5)17(15)24-4;/h10-11H,6-9,12-14H2,1-5H3,(H2,20,21,22);1H. The smallest absolute Gasteiger partial charge is 0.203 e. The van der Waals surface area contributed by atoms with Crippen LogP contribution in [-0.4, -0.2) is 53.6 Å². The first-order valence-electron chi connectivity index (χ1n) is 9.09. The summed E-state index contributed by atoms with van der Waals surface area (Å²) in [5, 5.41) is 6.60. The fourth-order valence-corrected chi connectivity index (χ4v) is 2.47. The van der Waals surface area contributed by atoms with E-state index in [0.29, 0.717) is 23.8 Å². The highest BCUT2D eigenvalue weighted by Gasteiger charge is 2.15. The Morgan fingerprint density at radius 2 is 1.70 bits per heavy atom. The summed E-state index contributed by atoms with van der Waals surface area (Å²) in [7, 11) is 4.82. The molecular weight excluding hydrogens is 461 g/mol. The average Bonchev–Trinajstić information content (AvgIpc) is 2.67. The van der Waals surface area contributed by atoms with Gasteiger partial charge in [0, 0.05) is 31.9 Å². The molecule has 1 aromatic carbocycles. The fourth-order valence-electron chi connectivity index (χ4n) is 2.47. The van der Waals surface area contributed by atoms with Gasteiger partial charge < -0.3 is 29.6 Å². The number of hydrogen-bond acceptors (Lipinski definition) is 5. The molecule has 0 atom stereocenters. The van der Waals surface area contributed by atoms with Crippen LogP contribution in [0.5, 0.6) is 17.2 Å². The summed E-state index contributed by atoms with van der Waals surface area (Å²) in [5.74, 6) is 2.64. The van der Waals surface area contributed by atoms with Gasteiger partial charge in [-0.1, -0.05) is 0 Å². The van der Waals surface area contributed by atoms with Crippen molar-refractivity contribution in [1.29, 1.82) is 0 Å². The Balaban J connectivity index is 0.00000676. The molecule has 0 aromatic heterocycles. The van der Waals surface area contributed by atoms with Crippen molar-refractivity contribution < 1.29 is 18.9 Å². The largest absolute Gasteiger partial charge is 0.493 e. The number of hydrogen-bond donors (Lipinski definition) is 2. The third kappa shape index (κ3) is 8.87. The quantitative estimate of drug-likeness (QED) is 0.201. The molecule has 0 bridgehead atoms. The van der Waals surface area contributed by atoms with Gasteiger partial charge in [-0.05, 0) is 38.8 Å². The lowest BCUT2D eigenvalue weighted by atomic mass is 10.1. The lowest BCUT2D eigenvalue weighted by Crippen LogP contribution is -2.37. The van der Waals surface area contributed by atoms with E-state index >= 15 is 0 Å². The van der Waals surface area contributed by atoms with Crippen molar-refractivity contribution in [1.82, 2.24) is 10.6 Å². The van der Waals surface area contributed by atoms with Crippen LogP contribution in [0.4, 0.5) is 0 Å². The molecule has 0 spiro atoms. The van der Waals surface area contributed by atoms with Crippen molar-refractivity contribution in [3.8, 4) is 17.2 Å². The summed E-state index contributed by atoms with van der Waals surface area (Å²) >= 11 is 0. The van der Waals surface area contributed by atoms with Crippen LogP contribution >= 0.6 is 24.0 Å². The average molecular weight is 495 g/mol. The molecule has 0 aliphatic heterocycles. The molecule has 0 radical (unpaired) electrons. The summed E-state index contributed by atoms with van der Waals surface area (Å²) in [6.45, 7) is 7.74. The topological polar surface area (TPSA) is 73.3 Å². The van der Waals surface area contributed by atoms with Gasteiger partial charge in [-0.3, -0.25) is 0 Å². The Morgan fingerprint density at radius 3 is 2.30 bits per heavy atom. The number of ether oxygens (including phenoxy) is 4. The van der Waals surface area contributed by atoms with E-state index in [1.807, 2.05) is 26.0 Å². The molecule has 0 aliphatic rings. The number of unbranched alkanes of at least 4 members (excludes halogenated alkanes) is 1. The number of nitrogens with one attached hydrogen (secondary N) is 2. The highest BCUT2D eigenvalue weighted by atomic mass is 127. The van der Waals surface area contributed by atoms with Crippen LogP contribution in [0, 0.1) is 0 Å². The Hall–Kier alpha value is -1.42. The molecule has 0 fully saturated rings. The fraction of sp³-hybridized carbons (Fsp3) is 0.632. The molecule has 0 amide bonds.